The highest BCUT2D eigenvalue weighted by atomic mass is 16.3. The zero-order chi connectivity index (χ0) is 14.9. The quantitative estimate of drug-likeness (QED) is 0.912. The Balaban J connectivity index is 2.24. The molecule has 5 heteroatoms. The lowest BCUT2D eigenvalue weighted by atomic mass is 9.93. The molecule has 20 heavy (non-hydrogen) atoms. The molecule has 0 spiro atoms. The van der Waals surface area contributed by atoms with Crippen molar-refractivity contribution in [2.75, 3.05) is 0 Å². The average molecular weight is 278 g/mol. The Bertz CT molecular complexity index is 493. The van der Waals surface area contributed by atoms with Gasteiger partial charge in [-0.15, -0.1) is 0 Å². The van der Waals surface area contributed by atoms with Crippen molar-refractivity contribution in [2.24, 2.45) is 0 Å². The van der Waals surface area contributed by atoms with E-state index in [0.717, 1.165) is 5.76 Å². The van der Waals surface area contributed by atoms with E-state index in [0.29, 0.717) is 12.8 Å². The third kappa shape index (κ3) is 2.57. The number of rotatable bonds is 4. The van der Waals surface area contributed by atoms with E-state index in [1.807, 2.05) is 26.0 Å². The van der Waals surface area contributed by atoms with E-state index in [1.54, 1.807) is 25.0 Å². The molecule has 110 valence electrons. The van der Waals surface area contributed by atoms with Crippen LogP contribution in [0.4, 0.5) is 0 Å². The molecule has 0 aromatic carbocycles. The van der Waals surface area contributed by atoms with Gasteiger partial charge in [0.15, 0.2) is 0 Å². The van der Waals surface area contributed by atoms with Crippen LogP contribution in [0, 0.1) is 0 Å². The molecule has 2 amide bonds. The van der Waals surface area contributed by atoms with E-state index in [4.69, 9.17) is 4.42 Å². The second-order valence-corrected chi connectivity index (χ2v) is 5.88. The van der Waals surface area contributed by atoms with Crippen LogP contribution in [0.3, 0.4) is 0 Å². The second kappa shape index (κ2) is 5.31. The Morgan fingerprint density at radius 3 is 2.70 bits per heavy atom. The van der Waals surface area contributed by atoms with Crippen LogP contribution < -0.4 is 5.32 Å². The molecule has 0 saturated carbocycles. The van der Waals surface area contributed by atoms with Gasteiger partial charge in [0.05, 0.1) is 6.26 Å². The van der Waals surface area contributed by atoms with Gasteiger partial charge in [-0.25, -0.2) is 0 Å². The van der Waals surface area contributed by atoms with Gasteiger partial charge < -0.3 is 14.6 Å². The van der Waals surface area contributed by atoms with Gasteiger partial charge in [-0.3, -0.25) is 9.59 Å². The number of furan rings is 1. The van der Waals surface area contributed by atoms with Crippen LogP contribution in [0.2, 0.25) is 0 Å². The molecule has 0 bridgehead atoms. The minimum Gasteiger partial charge on any atom is -0.469 e. The summed E-state index contributed by atoms with van der Waals surface area (Å²) in [5, 5.41) is 2.80. The molecule has 2 unspecified atom stereocenters. The molecule has 0 aliphatic carbocycles. The number of carbonyl (C=O) groups is 2. The zero-order valence-electron chi connectivity index (χ0n) is 12.5. The summed E-state index contributed by atoms with van der Waals surface area (Å²) in [6.07, 6.45) is 2.84. The van der Waals surface area contributed by atoms with Crippen molar-refractivity contribution in [3.8, 4) is 0 Å². The first kappa shape index (κ1) is 14.6. The molecule has 1 N–H and O–H groups in total. The van der Waals surface area contributed by atoms with Crippen LogP contribution in [0.1, 0.15) is 39.9 Å². The van der Waals surface area contributed by atoms with Crippen LogP contribution in [-0.2, 0) is 16.0 Å². The topological polar surface area (TPSA) is 62.6 Å². The maximum atomic E-state index is 12.6. The van der Waals surface area contributed by atoms with E-state index in [-0.39, 0.29) is 17.9 Å². The lowest BCUT2D eigenvalue weighted by molar-refractivity contribution is -0.156. The first-order chi connectivity index (χ1) is 9.36. The number of piperazine rings is 1. The van der Waals surface area contributed by atoms with Crippen LogP contribution in [-0.4, -0.2) is 34.3 Å². The third-order valence-electron chi connectivity index (χ3n) is 3.78. The Labute approximate surface area is 119 Å². The van der Waals surface area contributed by atoms with Crippen molar-refractivity contribution >= 4 is 11.8 Å². The normalized spacial score (nSPS) is 23.6. The Morgan fingerprint density at radius 2 is 2.15 bits per heavy atom. The van der Waals surface area contributed by atoms with Crippen molar-refractivity contribution < 1.29 is 14.0 Å². The summed E-state index contributed by atoms with van der Waals surface area (Å²) in [6.45, 7) is 7.36. The Hall–Kier alpha value is -1.78. The summed E-state index contributed by atoms with van der Waals surface area (Å²) < 4.78 is 5.34. The maximum Gasteiger partial charge on any atom is 0.248 e. The van der Waals surface area contributed by atoms with E-state index in [9.17, 15) is 9.59 Å². The molecule has 1 aliphatic heterocycles. The molecule has 1 aliphatic rings. The zero-order valence-corrected chi connectivity index (χ0v) is 12.5. The van der Waals surface area contributed by atoms with Crippen LogP contribution in [0.5, 0.6) is 0 Å². The lowest BCUT2D eigenvalue weighted by Gasteiger charge is -2.45. The predicted octanol–water partition coefficient (Wildman–Crippen LogP) is 1.73. The molecule has 0 radical (unpaired) electrons. The third-order valence-corrected chi connectivity index (χ3v) is 3.78. The van der Waals surface area contributed by atoms with E-state index in [1.165, 1.54) is 0 Å². The van der Waals surface area contributed by atoms with E-state index < -0.39 is 11.6 Å². The smallest absolute Gasteiger partial charge is 0.248 e. The summed E-state index contributed by atoms with van der Waals surface area (Å²) >= 11 is 0. The fourth-order valence-corrected chi connectivity index (χ4v) is 2.74. The highest BCUT2D eigenvalue weighted by Crippen LogP contribution is 2.24. The van der Waals surface area contributed by atoms with Crippen molar-refractivity contribution in [1.29, 1.82) is 0 Å². The van der Waals surface area contributed by atoms with Gasteiger partial charge >= 0.3 is 0 Å². The maximum absolute atomic E-state index is 12.6. The van der Waals surface area contributed by atoms with Crippen molar-refractivity contribution in [3.63, 3.8) is 0 Å². The first-order valence-corrected chi connectivity index (χ1v) is 7.04. The lowest BCUT2D eigenvalue weighted by Crippen LogP contribution is -2.69. The fraction of sp³-hybridized carbons (Fsp3) is 0.600. The van der Waals surface area contributed by atoms with Crippen LogP contribution >= 0.6 is 0 Å². The van der Waals surface area contributed by atoms with Gasteiger partial charge in [0.25, 0.3) is 0 Å². The van der Waals surface area contributed by atoms with Crippen molar-refractivity contribution in [1.82, 2.24) is 10.2 Å². The molecule has 1 aromatic rings. The SMILES string of the molecule is CCC1C(=O)NC(C)(C)C(=O)N1C(C)Cc1ccco1. The summed E-state index contributed by atoms with van der Waals surface area (Å²) in [6, 6.07) is 3.23. The summed E-state index contributed by atoms with van der Waals surface area (Å²) in [5.74, 6) is 0.704. The number of hydrogen-bond donors (Lipinski definition) is 1. The Kier molecular flexibility index (Phi) is 3.88. The fourth-order valence-electron chi connectivity index (χ4n) is 2.74. The molecular weight excluding hydrogens is 256 g/mol. The number of hydrogen-bond acceptors (Lipinski definition) is 3. The number of carbonyl (C=O) groups excluding carboxylic acids is 2. The summed E-state index contributed by atoms with van der Waals surface area (Å²) in [4.78, 5) is 26.5. The minimum atomic E-state index is -0.847. The highest BCUT2D eigenvalue weighted by molar-refractivity contribution is 5.99. The van der Waals surface area contributed by atoms with Gasteiger partial charge in [0.1, 0.15) is 17.3 Å². The second-order valence-electron chi connectivity index (χ2n) is 5.88. The Morgan fingerprint density at radius 1 is 1.45 bits per heavy atom. The number of nitrogens with one attached hydrogen (secondary N) is 1. The van der Waals surface area contributed by atoms with Crippen molar-refractivity contribution in [3.05, 3.63) is 24.2 Å². The largest absolute Gasteiger partial charge is 0.469 e. The number of nitrogens with zero attached hydrogens (tertiary/aromatic N) is 1. The van der Waals surface area contributed by atoms with Gasteiger partial charge in [0.2, 0.25) is 11.8 Å². The number of amides is 2. The average Bonchev–Trinajstić information content (AvgIpc) is 2.85. The van der Waals surface area contributed by atoms with Gasteiger partial charge in [0, 0.05) is 12.5 Å². The minimum absolute atomic E-state index is 0.0389. The van der Waals surface area contributed by atoms with E-state index in [2.05, 4.69) is 5.32 Å². The molecule has 5 nitrogen and oxygen atoms in total. The predicted molar refractivity (Wildman–Crippen MR) is 75.0 cm³/mol. The van der Waals surface area contributed by atoms with Gasteiger partial charge in [-0.05, 0) is 39.3 Å². The van der Waals surface area contributed by atoms with Crippen LogP contribution in [0.15, 0.2) is 22.8 Å². The molecule has 2 heterocycles. The van der Waals surface area contributed by atoms with Gasteiger partial charge in [-0.2, -0.15) is 0 Å². The monoisotopic (exact) mass is 278 g/mol. The standard InChI is InChI=1S/C15H22N2O3/c1-5-12-13(18)16-15(3,4)14(19)17(12)10(2)9-11-7-6-8-20-11/h6-8,10,12H,5,9H2,1-4H3,(H,16,18). The molecule has 1 fully saturated rings. The first-order valence-electron chi connectivity index (χ1n) is 7.04. The summed E-state index contributed by atoms with van der Waals surface area (Å²) in [7, 11) is 0. The van der Waals surface area contributed by atoms with E-state index >= 15 is 0 Å². The molecule has 2 rings (SSSR count). The highest BCUT2D eigenvalue weighted by Gasteiger charge is 2.46. The molecule has 1 saturated heterocycles. The molecular formula is C15H22N2O3. The summed E-state index contributed by atoms with van der Waals surface area (Å²) in [5.41, 5.74) is -0.847. The van der Waals surface area contributed by atoms with Crippen LogP contribution in [0.25, 0.3) is 0 Å². The molecule has 2 atom stereocenters. The molecule has 1 aromatic heterocycles. The van der Waals surface area contributed by atoms with Gasteiger partial charge in [-0.1, -0.05) is 6.92 Å². The van der Waals surface area contributed by atoms with Crippen molar-refractivity contribution in [2.45, 2.75) is 58.2 Å².